The predicted octanol–water partition coefficient (Wildman–Crippen LogP) is -3.59. The molecule has 2 heterocycles. The number of cyclic esters (lactones) is 1. The molecule has 9 N–H and O–H groups in total. The highest BCUT2D eigenvalue weighted by Crippen LogP contribution is 2.20. The third kappa shape index (κ3) is 4.45. The molecule has 2 aliphatic heterocycles. The first kappa shape index (κ1) is 18.0. The first-order valence-corrected chi connectivity index (χ1v) is 5.96. The van der Waals surface area contributed by atoms with Crippen molar-refractivity contribution >= 4 is 23.9 Å². The van der Waals surface area contributed by atoms with Crippen molar-refractivity contribution in [2.75, 3.05) is 6.61 Å². The van der Waals surface area contributed by atoms with Crippen molar-refractivity contribution in [3.8, 4) is 0 Å². The van der Waals surface area contributed by atoms with E-state index in [-0.39, 0.29) is 0 Å². The van der Waals surface area contributed by atoms with Gasteiger partial charge in [-0.2, -0.15) is 0 Å². The number of ether oxygens (including phenoxy) is 1. The van der Waals surface area contributed by atoms with E-state index in [0.717, 1.165) is 0 Å². The number of aliphatic hydroxyl groups excluding tert-OH is 4. The maximum atomic E-state index is 10.7. The molecule has 0 aliphatic carbocycles. The number of carbonyl (C=O) groups excluding carboxylic acids is 4. The molecule has 0 aromatic carbocycles. The maximum Gasteiger partial charge on any atom is 0.377 e. The van der Waals surface area contributed by atoms with Crippen LogP contribution >= 0.6 is 0 Å². The lowest BCUT2D eigenvalue weighted by molar-refractivity contribution is -0.147. The van der Waals surface area contributed by atoms with Gasteiger partial charge >= 0.3 is 18.0 Å². The van der Waals surface area contributed by atoms with Gasteiger partial charge in [0.15, 0.2) is 18.0 Å². The molecule has 2 unspecified atom stereocenters. The smallest absolute Gasteiger partial charge is 0.377 e. The predicted molar refractivity (Wildman–Crippen MR) is 68.4 cm³/mol. The lowest BCUT2D eigenvalue weighted by Gasteiger charge is -2.13. The third-order valence-corrected chi connectivity index (χ3v) is 2.54. The minimum Gasteiger partial charge on any atom is -0.505 e. The van der Waals surface area contributed by atoms with Gasteiger partial charge < -0.3 is 41.5 Å². The Morgan fingerprint density at radius 3 is 2.30 bits per heavy atom. The van der Waals surface area contributed by atoms with Gasteiger partial charge in [0, 0.05) is 0 Å². The number of nitrogens with two attached hydrogens (primary N) is 1. The zero-order chi connectivity index (χ0) is 17.7. The summed E-state index contributed by atoms with van der Waals surface area (Å²) >= 11 is 0. The Balaban J connectivity index is 0.000000231. The van der Waals surface area contributed by atoms with Crippen molar-refractivity contribution in [1.29, 1.82) is 0 Å². The highest BCUT2D eigenvalue weighted by atomic mass is 16.6. The van der Waals surface area contributed by atoms with Gasteiger partial charge in [-0.25, -0.2) is 14.4 Å². The Labute approximate surface area is 127 Å². The van der Waals surface area contributed by atoms with Crippen molar-refractivity contribution in [2.24, 2.45) is 5.73 Å². The average Bonchev–Trinajstić information content (AvgIpc) is 2.92. The quantitative estimate of drug-likeness (QED) is 0.188. The number of imide groups is 1. The number of esters is 1. The fourth-order valence-corrected chi connectivity index (χ4v) is 1.48. The van der Waals surface area contributed by atoms with Crippen molar-refractivity contribution in [3.05, 3.63) is 11.5 Å². The summed E-state index contributed by atoms with van der Waals surface area (Å²) in [5.74, 6) is -3.40. The van der Waals surface area contributed by atoms with E-state index in [4.69, 9.17) is 26.2 Å². The van der Waals surface area contributed by atoms with Crippen molar-refractivity contribution in [1.82, 2.24) is 16.0 Å². The molecule has 13 heteroatoms. The van der Waals surface area contributed by atoms with Crippen LogP contribution in [0.5, 0.6) is 0 Å². The number of primary amides is 1. The number of rotatable bonds is 3. The number of amides is 5. The van der Waals surface area contributed by atoms with Crippen LogP contribution in [0.25, 0.3) is 0 Å². The van der Waals surface area contributed by atoms with E-state index in [1.165, 1.54) is 0 Å². The minimum absolute atomic E-state index is 0.617. The first-order valence-electron chi connectivity index (χ1n) is 5.96. The Morgan fingerprint density at radius 1 is 1.35 bits per heavy atom. The summed E-state index contributed by atoms with van der Waals surface area (Å²) in [5.41, 5.74) is 4.70. The standard InChI is InChI=1S/C6H8O6.C4H6N4O3/c7-1-2(8)5-3(9)4(10)6(11)12-5;5-3(10)6-1-2(9)8-4(11)7-1/h2,5,7-10H,1H2;1H,(H3,5,6,10)(H2,7,8,9,11)/t2-,5?;/m0./s1. The Bertz CT molecular complexity index is 561. The molecule has 2 rings (SSSR count). The Kier molecular flexibility index (Phi) is 5.69. The van der Waals surface area contributed by atoms with E-state index < -0.39 is 60.4 Å². The average molecular weight is 334 g/mol. The largest absolute Gasteiger partial charge is 0.505 e. The van der Waals surface area contributed by atoms with Crippen molar-refractivity contribution in [3.63, 3.8) is 0 Å². The minimum atomic E-state index is -1.42. The van der Waals surface area contributed by atoms with E-state index >= 15 is 0 Å². The van der Waals surface area contributed by atoms with Gasteiger partial charge in [0.1, 0.15) is 6.10 Å². The summed E-state index contributed by atoms with van der Waals surface area (Å²) in [4.78, 5) is 41.8. The summed E-state index contributed by atoms with van der Waals surface area (Å²) in [7, 11) is 0. The topological polar surface area (TPSA) is 221 Å². The number of hydrogen-bond acceptors (Lipinski definition) is 9. The second-order valence-electron chi connectivity index (χ2n) is 4.21. The van der Waals surface area contributed by atoms with Gasteiger partial charge in [0.25, 0.3) is 5.91 Å². The molecule has 128 valence electrons. The fourth-order valence-electron chi connectivity index (χ4n) is 1.48. The van der Waals surface area contributed by atoms with Crippen LogP contribution in [0, 0.1) is 0 Å². The van der Waals surface area contributed by atoms with Crippen LogP contribution in [0.1, 0.15) is 0 Å². The van der Waals surface area contributed by atoms with E-state index in [1.54, 1.807) is 0 Å². The summed E-state index contributed by atoms with van der Waals surface area (Å²) in [6.45, 7) is -0.671. The molecular weight excluding hydrogens is 320 g/mol. The van der Waals surface area contributed by atoms with Gasteiger partial charge in [-0.3, -0.25) is 10.1 Å². The highest BCUT2D eigenvalue weighted by Gasteiger charge is 2.38. The summed E-state index contributed by atoms with van der Waals surface area (Å²) in [6.07, 6.45) is -3.82. The normalized spacial score (nSPS) is 24.2. The molecular formula is C10H14N4O9. The van der Waals surface area contributed by atoms with E-state index in [0.29, 0.717) is 0 Å². The fraction of sp³-hybridized carbons (Fsp3) is 0.400. The van der Waals surface area contributed by atoms with Crippen molar-refractivity contribution < 1.29 is 44.3 Å². The molecule has 23 heavy (non-hydrogen) atoms. The van der Waals surface area contributed by atoms with Gasteiger partial charge in [-0.1, -0.05) is 0 Å². The van der Waals surface area contributed by atoms with Crippen LogP contribution in [-0.2, 0) is 14.3 Å². The third-order valence-electron chi connectivity index (χ3n) is 2.54. The van der Waals surface area contributed by atoms with Crippen LogP contribution in [0.2, 0.25) is 0 Å². The van der Waals surface area contributed by atoms with Gasteiger partial charge in [-0.05, 0) is 0 Å². The van der Waals surface area contributed by atoms with Crippen LogP contribution in [0.3, 0.4) is 0 Å². The molecule has 0 radical (unpaired) electrons. The lowest BCUT2D eigenvalue weighted by Crippen LogP contribution is -2.48. The molecule has 3 atom stereocenters. The van der Waals surface area contributed by atoms with Crippen LogP contribution in [0.15, 0.2) is 11.5 Å². The van der Waals surface area contributed by atoms with Crippen LogP contribution in [0.4, 0.5) is 9.59 Å². The van der Waals surface area contributed by atoms with E-state index in [1.807, 2.05) is 10.6 Å². The van der Waals surface area contributed by atoms with Gasteiger partial charge in [-0.15, -0.1) is 0 Å². The van der Waals surface area contributed by atoms with Crippen LogP contribution in [-0.4, -0.2) is 69.3 Å². The Hall–Kier alpha value is -3.06. The first-order chi connectivity index (χ1) is 10.7. The molecule has 13 nitrogen and oxygen atoms in total. The molecule has 5 amide bonds. The van der Waals surface area contributed by atoms with Crippen molar-refractivity contribution in [2.45, 2.75) is 18.4 Å². The summed E-state index contributed by atoms with van der Waals surface area (Å²) in [5, 5.41) is 41.1. The number of urea groups is 2. The molecule has 0 spiro atoms. The number of aliphatic hydroxyl groups is 4. The number of carbonyl (C=O) groups is 4. The summed E-state index contributed by atoms with van der Waals surface area (Å²) < 4.78 is 4.32. The molecule has 0 aromatic rings. The lowest BCUT2D eigenvalue weighted by atomic mass is 10.2. The second kappa shape index (κ2) is 7.28. The monoisotopic (exact) mass is 334 g/mol. The van der Waals surface area contributed by atoms with Crippen LogP contribution < -0.4 is 21.7 Å². The zero-order valence-electron chi connectivity index (χ0n) is 11.3. The molecule has 2 aliphatic rings. The second-order valence-corrected chi connectivity index (χ2v) is 4.21. The van der Waals surface area contributed by atoms with E-state index in [9.17, 15) is 19.2 Å². The maximum absolute atomic E-state index is 10.7. The molecule has 0 bridgehead atoms. The number of nitrogens with one attached hydrogen (secondary N) is 3. The highest BCUT2D eigenvalue weighted by molar-refractivity contribution is 6.05. The van der Waals surface area contributed by atoms with Gasteiger partial charge in [0.05, 0.1) is 6.61 Å². The number of hydrogen-bond donors (Lipinski definition) is 8. The SMILES string of the molecule is NC(=O)NC1NC(=O)NC1=O.O=C1OC([C@@H](O)CO)C(O)=C1O. The molecule has 0 saturated carbocycles. The molecule has 1 saturated heterocycles. The molecule has 1 fully saturated rings. The molecule has 0 aromatic heterocycles. The van der Waals surface area contributed by atoms with E-state index in [2.05, 4.69) is 10.1 Å². The zero-order valence-corrected chi connectivity index (χ0v) is 11.3. The van der Waals surface area contributed by atoms with Gasteiger partial charge in [0.2, 0.25) is 5.76 Å². The summed E-state index contributed by atoms with van der Waals surface area (Å²) in [6, 6.07) is -1.51. The Morgan fingerprint density at radius 2 is 1.96 bits per heavy atom.